The first-order chi connectivity index (χ1) is 9.86. The Balaban J connectivity index is 2.11. The molecule has 2 aliphatic heterocycles. The monoisotopic (exact) mass is 296 g/mol. The van der Waals surface area contributed by atoms with E-state index in [1.807, 2.05) is 20.8 Å². The van der Waals surface area contributed by atoms with Crippen LogP contribution in [-0.4, -0.2) is 48.6 Å². The number of likely N-dealkylation sites (tertiary alicyclic amines) is 1. The second kappa shape index (κ2) is 6.36. The number of rotatable bonds is 3. The Morgan fingerprint density at radius 2 is 2.33 bits per heavy atom. The van der Waals surface area contributed by atoms with Crippen molar-refractivity contribution in [2.24, 2.45) is 11.7 Å². The Labute approximate surface area is 126 Å². The van der Waals surface area contributed by atoms with Crippen molar-refractivity contribution in [2.75, 3.05) is 13.1 Å². The summed E-state index contributed by atoms with van der Waals surface area (Å²) < 4.78 is 11.1. The largest absolute Gasteiger partial charge is 0.527 e. The molecule has 0 radical (unpaired) electrons. The quantitative estimate of drug-likeness (QED) is 0.779. The van der Waals surface area contributed by atoms with Crippen LogP contribution in [0.1, 0.15) is 40.0 Å². The lowest BCUT2D eigenvalue weighted by atomic mass is 9.74. The van der Waals surface area contributed by atoms with E-state index in [-0.39, 0.29) is 24.5 Å². The molecule has 2 atom stereocenters. The van der Waals surface area contributed by atoms with Crippen molar-refractivity contribution in [3.8, 4) is 0 Å². The minimum Gasteiger partial charge on any atom is -0.508 e. The van der Waals surface area contributed by atoms with E-state index in [2.05, 4.69) is 0 Å². The lowest BCUT2D eigenvalue weighted by molar-refractivity contribution is -0.144. The minimum atomic E-state index is -1.09. The summed E-state index contributed by atoms with van der Waals surface area (Å²) in [5, 5.41) is 0. The highest BCUT2D eigenvalue weighted by molar-refractivity contribution is 6.47. The molecule has 21 heavy (non-hydrogen) atoms. The summed E-state index contributed by atoms with van der Waals surface area (Å²) >= 11 is 0. The number of hydrogen-bond acceptors (Lipinski definition) is 5. The summed E-state index contributed by atoms with van der Waals surface area (Å²) in [6.45, 7) is 6.43. The maximum atomic E-state index is 12.5. The van der Waals surface area contributed by atoms with Gasteiger partial charge in [0.1, 0.15) is 5.54 Å². The molecule has 7 heteroatoms. The average Bonchev–Trinajstić information content (AvgIpc) is 2.74. The Morgan fingerprint density at radius 3 is 2.95 bits per heavy atom. The number of fused-ring (bicyclic) bond motifs is 1. The number of nitrogens with two attached hydrogens (primary N) is 1. The first-order valence-electron chi connectivity index (χ1n) is 7.80. The summed E-state index contributed by atoms with van der Waals surface area (Å²) in [6, 6.07) is 0. The van der Waals surface area contributed by atoms with Crippen LogP contribution in [0.2, 0.25) is 6.32 Å². The van der Waals surface area contributed by atoms with E-state index in [0.717, 1.165) is 12.8 Å². The van der Waals surface area contributed by atoms with Crippen LogP contribution in [0.15, 0.2) is 0 Å². The Kier molecular flexibility index (Phi) is 4.93. The van der Waals surface area contributed by atoms with E-state index in [1.54, 1.807) is 4.90 Å². The fourth-order valence-electron chi connectivity index (χ4n) is 3.15. The van der Waals surface area contributed by atoms with Gasteiger partial charge >= 0.3 is 13.1 Å². The van der Waals surface area contributed by atoms with Crippen LogP contribution in [-0.2, 0) is 18.9 Å². The van der Waals surface area contributed by atoms with Crippen LogP contribution in [0.3, 0.4) is 0 Å². The van der Waals surface area contributed by atoms with Crippen LogP contribution in [0, 0.1) is 5.92 Å². The molecule has 6 nitrogen and oxygen atoms in total. The number of nitrogens with zero attached hydrogens (tertiary/aromatic N) is 1. The molecule has 2 rings (SSSR count). The highest BCUT2D eigenvalue weighted by Gasteiger charge is 2.53. The molecule has 0 aromatic carbocycles. The summed E-state index contributed by atoms with van der Waals surface area (Å²) in [6.07, 6.45) is 2.79. The predicted molar refractivity (Wildman–Crippen MR) is 79.4 cm³/mol. The third-order valence-electron chi connectivity index (χ3n) is 4.31. The highest BCUT2D eigenvalue weighted by Crippen LogP contribution is 2.34. The van der Waals surface area contributed by atoms with E-state index in [9.17, 15) is 9.59 Å². The van der Waals surface area contributed by atoms with Crippen LogP contribution in [0.4, 0.5) is 0 Å². The van der Waals surface area contributed by atoms with Gasteiger partial charge in [0.05, 0.1) is 0 Å². The predicted octanol–water partition coefficient (Wildman–Crippen LogP) is 0.803. The molecule has 2 fully saturated rings. The Hall–Kier alpha value is -1.08. The number of amides is 1. The van der Waals surface area contributed by atoms with Gasteiger partial charge in [-0.25, -0.2) is 0 Å². The molecular formula is C14H25BN2O4. The molecule has 0 aromatic heterocycles. The van der Waals surface area contributed by atoms with E-state index in [1.165, 1.54) is 0 Å². The van der Waals surface area contributed by atoms with E-state index < -0.39 is 18.6 Å². The molecule has 0 aliphatic carbocycles. The lowest BCUT2D eigenvalue weighted by Crippen LogP contribution is -2.58. The first-order valence-corrected chi connectivity index (χ1v) is 7.80. The van der Waals surface area contributed by atoms with E-state index >= 15 is 0 Å². The standard InChI is InChI=1S/C14H25BN2O4/c1-4-12(18)17-8-11-6-5-7-15(20-10(2)3)21-13(19)14(11,16)9-17/h10-11H,4-9,16H2,1-3H3/t11?,14-/m0/s1. The van der Waals surface area contributed by atoms with Gasteiger partial charge in [-0.3, -0.25) is 9.59 Å². The van der Waals surface area contributed by atoms with Crippen molar-refractivity contribution < 1.29 is 18.9 Å². The maximum Gasteiger partial charge on any atom is 0.527 e. The zero-order chi connectivity index (χ0) is 15.6. The minimum absolute atomic E-state index is 0.00602. The van der Waals surface area contributed by atoms with E-state index in [0.29, 0.717) is 19.3 Å². The van der Waals surface area contributed by atoms with Gasteiger partial charge in [-0.15, -0.1) is 0 Å². The molecule has 0 saturated carbocycles. The zero-order valence-electron chi connectivity index (χ0n) is 13.1. The summed E-state index contributed by atoms with van der Waals surface area (Å²) in [4.78, 5) is 26.0. The molecule has 1 amide bonds. The van der Waals surface area contributed by atoms with Gasteiger partial charge in [0.25, 0.3) is 0 Å². The molecule has 2 N–H and O–H groups in total. The summed E-state index contributed by atoms with van der Waals surface area (Å²) in [5.74, 6) is -0.431. The topological polar surface area (TPSA) is 81.9 Å². The van der Waals surface area contributed by atoms with Crippen LogP contribution < -0.4 is 5.73 Å². The summed E-state index contributed by atoms with van der Waals surface area (Å²) in [5.41, 5.74) is 5.24. The molecule has 1 unspecified atom stereocenters. The zero-order valence-corrected chi connectivity index (χ0v) is 13.1. The molecule has 0 spiro atoms. The van der Waals surface area contributed by atoms with Crippen molar-refractivity contribution in [1.82, 2.24) is 4.90 Å². The molecule has 0 aromatic rings. The van der Waals surface area contributed by atoms with Gasteiger partial charge in [0.15, 0.2) is 0 Å². The molecule has 2 saturated heterocycles. The normalized spacial score (nSPS) is 30.0. The number of hydrogen-bond donors (Lipinski definition) is 1. The van der Waals surface area contributed by atoms with Crippen molar-refractivity contribution in [1.29, 1.82) is 0 Å². The van der Waals surface area contributed by atoms with Gasteiger partial charge in [-0.1, -0.05) is 13.3 Å². The Morgan fingerprint density at radius 1 is 1.62 bits per heavy atom. The fourth-order valence-corrected chi connectivity index (χ4v) is 3.15. The second-order valence-electron chi connectivity index (χ2n) is 6.32. The molecule has 2 heterocycles. The number of carbonyl (C=O) groups is 2. The molecule has 0 bridgehead atoms. The highest BCUT2D eigenvalue weighted by atomic mass is 16.6. The third-order valence-corrected chi connectivity index (χ3v) is 4.31. The molecule has 2 aliphatic rings. The molecule has 118 valence electrons. The van der Waals surface area contributed by atoms with Gasteiger partial charge in [0.2, 0.25) is 5.91 Å². The average molecular weight is 296 g/mol. The second-order valence-corrected chi connectivity index (χ2v) is 6.32. The van der Waals surface area contributed by atoms with Crippen molar-refractivity contribution >= 4 is 19.0 Å². The first kappa shape index (κ1) is 16.3. The fraction of sp³-hybridized carbons (Fsp3) is 0.857. The molecular weight excluding hydrogens is 271 g/mol. The van der Waals surface area contributed by atoms with Crippen LogP contribution in [0.25, 0.3) is 0 Å². The van der Waals surface area contributed by atoms with Crippen LogP contribution >= 0.6 is 0 Å². The van der Waals surface area contributed by atoms with Crippen molar-refractivity contribution in [2.45, 2.75) is 58.0 Å². The van der Waals surface area contributed by atoms with E-state index in [4.69, 9.17) is 15.0 Å². The Bertz CT molecular complexity index is 418. The van der Waals surface area contributed by atoms with Gasteiger partial charge in [-0.2, -0.15) is 0 Å². The summed E-state index contributed by atoms with van der Waals surface area (Å²) in [7, 11) is -0.533. The SMILES string of the molecule is CCC(=O)N1CC2CCCB(OC(C)C)OC(=O)[C@]2(N)C1. The smallest absolute Gasteiger partial charge is 0.508 e. The van der Waals surface area contributed by atoms with Crippen LogP contribution in [0.5, 0.6) is 0 Å². The van der Waals surface area contributed by atoms with Gasteiger partial charge in [-0.05, 0) is 26.6 Å². The van der Waals surface area contributed by atoms with Gasteiger partial charge in [0, 0.05) is 31.5 Å². The lowest BCUT2D eigenvalue weighted by Gasteiger charge is -2.32. The number of carbonyl (C=O) groups excluding carboxylic acids is 2. The van der Waals surface area contributed by atoms with Crippen molar-refractivity contribution in [3.05, 3.63) is 0 Å². The third kappa shape index (κ3) is 3.40. The maximum absolute atomic E-state index is 12.5. The van der Waals surface area contributed by atoms with Crippen molar-refractivity contribution in [3.63, 3.8) is 0 Å². The van der Waals surface area contributed by atoms with Gasteiger partial charge < -0.3 is 19.9 Å².